The lowest BCUT2D eigenvalue weighted by molar-refractivity contribution is 0.0801. The van der Waals surface area contributed by atoms with Gasteiger partial charge in [0.15, 0.2) is 11.2 Å². The Bertz CT molecular complexity index is 882. The topological polar surface area (TPSA) is 59.3 Å². The molecule has 2 fully saturated rings. The van der Waals surface area contributed by atoms with E-state index < -0.39 is 0 Å². The highest BCUT2D eigenvalue weighted by Crippen LogP contribution is 2.65. The minimum absolute atomic E-state index is 0.0999. The minimum Gasteiger partial charge on any atom is -0.451 e. The van der Waals surface area contributed by atoms with E-state index in [4.69, 9.17) is 4.42 Å². The molecule has 1 heterocycles. The fraction of sp³-hybridized carbons (Fsp3) is 0.500. The van der Waals surface area contributed by atoms with Crippen molar-refractivity contribution in [3.63, 3.8) is 0 Å². The Morgan fingerprint density at radius 2 is 2.00 bits per heavy atom. The normalized spacial score (nSPS) is 30.6. The van der Waals surface area contributed by atoms with Crippen LogP contribution in [0.5, 0.6) is 0 Å². The van der Waals surface area contributed by atoms with Crippen LogP contribution in [0.2, 0.25) is 0 Å². The fourth-order valence-electron chi connectivity index (χ4n) is 4.87. The average Bonchev–Trinajstić information content (AvgIpc) is 2.88. The molecule has 0 spiro atoms. The van der Waals surface area contributed by atoms with Crippen LogP contribution in [-0.4, -0.2) is 11.9 Å². The molecule has 1 aromatic heterocycles. The van der Waals surface area contributed by atoms with Gasteiger partial charge in [0, 0.05) is 12.1 Å². The van der Waals surface area contributed by atoms with Crippen LogP contribution in [0.1, 0.15) is 50.6 Å². The number of hydrogen-bond donors (Lipinski definition) is 1. The standard InChI is InChI=1S/C20H23NO3/c1-19(2)12-8-9-20(19,3)17(10-12)21-18(23)16-11-14(22)13-6-4-5-7-15(13)24-16/h4-7,11-12,17H,8-10H2,1-3H3,(H,21,23). The van der Waals surface area contributed by atoms with Gasteiger partial charge in [-0.2, -0.15) is 0 Å². The molecule has 2 bridgehead atoms. The van der Waals surface area contributed by atoms with Crippen LogP contribution in [0, 0.1) is 16.7 Å². The van der Waals surface area contributed by atoms with Gasteiger partial charge in [0.05, 0.1) is 5.39 Å². The lowest BCUT2D eigenvalue weighted by Crippen LogP contribution is -2.47. The Labute approximate surface area is 141 Å². The number of benzene rings is 1. The third kappa shape index (κ3) is 1.98. The van der Waals surface area contributed by atoms with Crippen molar-refractivity contribution >= 4 is 16.9 Å². The summed E-state index contributed by atoms with van der Waals surface area (Å²) >= 11 is 0. The van der Waals surface area contributed by atoms with Crippen LogP contribution in [0.4, 0.5) is 0 Å². The fourth-order valence-corrected chi connectivity index (χ4v) is 4.87. The molecule has 2 aliphatic rings. The van der Waals surface area contributed by atoms with Gasteiger partial charge in [0.25, 0.3) is 5.91 Å². The van der Waals surface area contributed by atoms with E-state index >= 15 is 0 Å². The van der Waals surface area contributed by atoms with Crippen molar-refractivity contribution in [3.05, 3.63) is 46.3 Å². The molecule has 4 nitrogen and oxygen atoms in total. The summed E-state index contributed by atoms with van der Waals surface area (Å²) in [7, 11) is 0. The predicted molar refractivity (Wildman–Crippen MR) is 93.0 cm³/mol. The summed E-state index contributed by atoms with van der Waals surface area (Å²) in [6.07, 6.45) is 3.38. The first-order valence-corrected chi connectivity index (χ1v) is 8.67. The third-order valence-electron chi connectivity index (χ3n) is 6.96. The van der Waals surface area contributed by atoms with Crippen molar-refractivity contribution in [1.29, 1.82) is 0 Å². The molecule has 0 aliphatic heterocycles. The van der Waals surface area contributed by atoms with Gasteiger partial charge in [-0.3, -0.25) is 9.59 Å². The molecular weight excluding hydrogens is 302 g/mol. The van der Waals surface area contributed by atoms with Crippen LogP contribution >= 0.6 is 0 Å². The SMILES string of the molecule is CC1(C)C2CCC1(C)C(NC(=O)c1cc(=O)c3ccccc3o1)C2. The number of carbonyl (C=O) groups is 1. The van der Waals surface area contributed by atoms with E-state index in [0.717, 1.165) is 12.8 Å². The zero-order chi connectivity index (χ0) is 17.1. The maximum Gasteiger partial charge on any atom is 0.287 e. The third-order valence-corrected chi connectivity index (χ3v) is 6.96. The number of para-hydroxylation sites is 1. The molecule has 4 rings (SSSR count). The van der Waals surface area contributed by atoms with Gasteiger partial charge in [-0.25, -0.2) is 0 Å². The van der Waals surface area contributed by atoms with E-state index in [9.17, 15) is 9.59 Å². The van der Waals surface area contributed by atoms with Crippen LogP contribution in [0.15, 0.2) is 39.5 Å². The largest absolute Gasteiger partial charge is 0.451 e. The zero-order valence-electron chi connectivity index (χ0n) is 14.4. The molecule has 2 aliphatic carbocycles. The van der Waals surface area contributed by atoms with Crippen molar-refractivity contribution in [3.8, 4) is 0 Å². The van der Waals surface area contributed by atoms with Gasteiger partial charge in [-0.15, -0.1) is 0 Å². The predicted octanol–water partition coefficient (Wildman–Crippen LogP) is 3.74. The summed E-state index contributed by atoms with van der Waals surface area (Å²) in [6, 6.07) is 8.45. The van der Waals surface area contributed by atoms with Gasteiger partial charge >= 0.3 is 0 Å². The summed E-state index contributed by atoms with van der Waals surface area (Å²) in [6.45, 7) is 6.90. The van der Waals surface area contributed by atoms with Crippen LogP contribution in [-0.2, 0) is 0 Å². The van der Waals surface area contributed by atoms with Crippen molar-refractivity contribution in [2.75, 3.05) is 0 Å². The quantitative estimate of drug-likeness (QED) is 0.915. The van der Waals surface area contributed by atoms with Crippen LogP contribution in [0.3, 0.4) is 0 Å². The molecule has 0 radical (unpaired) electrons. The lowest BCUT2D eigenvalue weighted by Gasteiger charge is -2.39. The lowest BCUT2D eigenvalue weighted by atomic mass is 9.69. The molecule has 0 saturated heterocycles. The molecular formula is C20H23NO3. The van der Waals surface area contributed by atoms with Gasteiger partial charge in [0.2, 0.25) is 0 Å². The Balaban J connectivity index is 1.63. The van der Waals surface area contributed by atoms with Crippen molar-refractivity contribution in [2.24, 2.45) is 16.7 Å². The average molecular weight is 325 g/mol. The van der Waals surface area contributed by atoms with Gasteiger partial charge in [-0.1, -0.05) is 32.9 Å². The number of hydrogen-bond acceptors (Lipinski definition) is 3. The monoisotopic (exact) mass is 325 g/mol. The van der Waals surface area contributed by atoms with Crippen molar-refractivity contribution < 1.29 is 9.21 Å². The Kier molecular flexibility index (Phi) is 3.18. The first-order chi connectivity index (χ1) is 11.3. The molecule has 1 N–H and O–H groups in total. The number of nitrogens with one attached hydrogen (secondary N) is 1. The van der Waals surface area contributed by atoms with E-state index in [-0.39, 0.29) is 34.0 Å². The summed E-state index contributed by atoms with van der Waals surface area (Å²) in [4.78, 5) is 24.9. The van der Waals surface area contributed by atoms with E-state index in [1.165, 1.54) is 12.5 Å². The summed E-state index contributed by atoms with van der Waals surface area (Å²) in [5.41, 5.74) is 0.607. The minimum atomic E-state index is -0.285. The van der Waals surface area contributed by atoms with Gasteiger partial charge < -0.3 is 9.73 Å². The van der Waals surface area contributed by atoms with E-state index in [1.807, 2.05) is 0 Å². The van der Waals surface area contributed by atoms with Gasteiger partial charge in [0.1, 0.15) is 5.58 Å². The summed E-state index contributed by atoms with van der Waals surface area (Å²) < 4.78 is 5.67. The second-order valence-corrected chi connectivity index (χ2v) is 8.11. The smallest absolute Gasteiger partial charge is 0.287 e. The maximum atomic E-state index is 12.7. The molecule has 1 amide bonds. The first kappa shape index (κ1) is 15.4. The zero-order valence-corrected chi connectivity index (χ0v) is 14.4. The molecule has 2 aromatic rings. The number of rotatable bonds is 2. The molecule has 3 unspecified atom stereocenters. The van der Waals surface area contributed by atoms with Crippen molar-refractivity contribution in [1.82, 2.24) is 5.32 Å². The molecule has 4 heteroatoms. The Morgan fingerprint density at radius 1 is 1.25 bits per heavy atom. The van der Waals surface area contributed by atoms with Gasteiger partial charge in [-0.05, 0) is 48.1 Å². The van der Waals surface area contributed by atoms with E-state index in [2.05, 4.69) is 26.1 Å². The van der Waals surface area contributed by atoms with Crippen LogP contribution in [0.25, 0.3) is 11.0 Å². The molecule has 2 saturated carbocycles. The van der Waals surface area contributed by atoms with Crippen LogP contribution < -0.4 is 10.7 Å². The van der Waals surface area contributed by atoms with Crippen molar-refractivity contribution in [2.45, 2.75) is 46.1 Å². The Morgan fingerprint density at radius 3 is 2.67 bits per heavy atom. The summed E-state index contributed by atoms with van der Waals surface area (Å²) in [5, 5.41) is 3.64. The number of amides is 1. The highest BCUT2D eigenvalue weighted by Gasteiger charge is 2.61. The Hall–Kier alpha value is -2.10. The first-order valence-electron chi connectivity index (χ1n) is 8.67. The highest BCUT2D eigenvalue weighted by molar-refractivity contribution is 5.93. The molecule has 3 atom stereocenters. The highest BCUT2D eigenvalue weighted by atomic mass is 16.3. The molecule has 126 valence electrons. The molecule has 24 heavy (non-hydrogen) atoms. The van der Waals surface area contributed by atoms with E-state index in [0.29, 0.717) is 16.9 Å². The summed E-state index contributed by atoms with van der Waals surface area (Å²) in [5.74, 6) is 0.465. The second kappa shape index (κ2) is 4.95. The van der Waals surface area contributed by atoms with E-state index in [1.54, 1.807) is 24.3 Å². The number of carbonyl (C=O) groups excluding carboxylic acids is 1. The molecule has 1 aromatic carbocycles. The number of fused-ring (bicyclic) bond motifs is 3. The maximum absolute atomic E-state index is 12.7. The second-order valence-electron chi connectivity index (χ2n) is 8.11.